The fraction of sp³-hybridized carbons (Fsp3) is 0.579. The lowest BCUT2D eigenvalue weighted by Crippen LogP contribution is -2.47. The number of carbonyl (C=O) groups is 2. The molecule has 1 atom stereocenters. The monoisotopic (exact) mass is 376 g/mol. The van der Waals surface area contributed by atoms with Gasteiger partial charge in [0.1, 0.15) is 11.9 Å². The first-order valence-corrected chi connectivity index (χ1v) is 9.62. The minimum atomic E-state index is -0.488. The molecular weight excluding hydrogens is 351 g/mol. The van der Waals surface area contributed by atoms with Crippen molar-refractivity contribution in [1.29, 1.82) is 0 Å². The standard InChI is InChI=1S/C19H25FN4O3/c20-13-4-5-15(17(12-13)23-8-10-27-11-9-23)21-19(26)22-16-6-7-24(18(16)25)14-2-1-3-14/h4-5,12,14,16H,1-3,6-11H2,(H2,21,22,26). The van der Waals surface area contributed by atoms with Gasteiger partial charge in [-0.1, -0.05) is 0 Å². The molecule has 146 valence electrons. The highest BCUT2D eigenvalue weighted by Crippen LogP contribution is 2.29. The van der Waals surface area contributed by atoms with Crippen molar-refractivity contribution in [3.63, 3.8) is 0 Å². The van der Waals surface area contributed by atoms with Crippen molar-refractivity contribution in [1.82, 2.24) is 10.2 Å². The summed E-state index contributed by atoms with van der Waals surface area (Å²) >= 11 is 0. The van der Waals surface area contributed by atoms with E-state index in [4.69, 9.17) is 4.74 Å². The number of benzene rings is 1. The fourth-order valence-corrected chi connectivity index (χ4v) is 3.89. The van der Waals surface area contributed by atoms with Gasteiger partial charge in [-0.05, 0) is 43.9 Å². The van der Waals surface area contributed by atoms with E-state index in [0.29, 0.717) is 56.7 Å². The van der Waals surface area contributed by atoms with Crippen LogP contribution in [0.1, 0.15) is 25.7 Å². The zero-order chi connectivity index (χ0) is 18.8. The van der Waals surface area contributed by atoms with Crippen LogP contribution in [0, 0.1) is 5.82 Å². The number of carbonyl (C=O) groups excluding carboxylic acids is 2. The summed E-state index contributed by atoms with van der Waals surface area (Å²) in [6.07, 6.45) is 3.91. The maximum atomic E-state index is 13.7. The number of morpholine rings is 1. The molecular formula is C19H25FN4O3. The molecule has 2 saturated heterocycles. The molecule has 3 aliphatic rings. The van der Waals surface area contributed by atoms with Crippen molar-refractivity contribution in [2.24, 2.45) is 0 Å². The zero-order valence-electron chi connectivity index (χ0n) is 15.2. The van der Waals surface area contributed by atoms with Crippen LogP contribution in [0.3, 0.4) is 0 Å². The minimum Gasteiger partial charge on any atom is -0.378 e. The number of amides is 3. The van der Waals surface area contributed by atoms with Crippen LogP contribution < -0.4 is 15.5 Å². The summed E-state index contributed by atoms with van der Waals surface area (Å²) in [5.41, 5.74) is 1.15. The average molecular weight is 376 g/mol. The normalized spacial score (nSPS) is 23.3. The van der Waals surface area contributed by atoms with Gasteiger partial charge in [0.25, 0.3) is 0 Å². The lowest BCUT2D eigenvalue weighted by atomic mass is 9.92. The SMILES string of the molecule is O=C(Nc1ccc(F)cc1N1CCOCC1)NC1CCN(C2CCC2)C1=O. The molecule has 27 heavy (non-hydrogen) atoms. The predicted molar refractivity (Wildman–Crippen MR) is 99.3 cm³/mol. The average Bonchev–Trinajstić information content (AvgIpc) is 2.96. The van der Waals surface area contributed by atoms with Gasteiger partial charge >= 0.3 is 6.03 Å². The van der Waals surface area contributed by atoms with E-state index >= 15 is 0 Å². The molecule has 0 aromatic heterocycles. The molecule has 8 heteroatoms. The van der Waals surface area contributed by atoms with E-state index in [1.165, 1.54) is 18.6 Å². The Bertz CT molecular complexity index is 719. The molecule has 3 fully saturated rings. The summed E-state index contributed by atoms with van der Waals surface area (Å²) in [5, 5.41) is 5.56. The Morgan fingerprint density at radius 1 is 1.15 bits per heavy atom. The van der Waals surface area contributed by atoms with E-state index in [0.717, 1.165) is 12.8 Å². The molecule has 4 rings (SSSR count). The second-order valence-electron chi connectivity index (χ2n) is 7.32. The van der Waals surface area contributed by atoms with Gasteiger partial charge in [0.05, 0.1) is 24.6 Å². The number of rotatable bonds is 4. The van der Waals surface area contributed by atoms with Gasteiger partial charge < -0.3 is 25.2 Å². The van der Waals surface area contributed by atoms with E-state index in [9.17, 15) is 14.0 Å². The molecule has 2 N–H and O–H groups in total. The van der Waals surface area contributed by atoms with Crippen molar-refractivity contribution in [3.8, 4) is 0 Å². The molecule has 0 spiro atoms. The lowest BCUT2D eigenvalue weighted by Gasteiger charge is -2.34. The Balaban J connectivity index is 1.40. The summed E-state index contributed by atoms with van der Waals surface area (Å²) < 4.78 is 19.1. The van der Waals surface area contributed by atoms with E-state index < -0.39 is 12.1 Å². The molecule has 2 heterocycles. The molecule has 1 aliphatic carbocycles. The maximum absolute atomic E-state index is 13.7. The number of likely N-dealkylation sites (tertiary alicyclic amines) is 1. The number of nitrogens with one attached hydrogen (secondary N) is 2. The van der Waals surface area contributed by atoms with E-state index in [1.54, 1.807) is 6.07 Å². The molecule has 1 unspecified atom stereocenters. The van der Waals surface area contributed by atoms with Crippen LogP contribution in [-0.4, -0.2) is 61.8 Å². The summed E-state index contributed by atoms with van der Waals surface area (Å²) in [5.74, 6) is -0.355. The quantitative estimate of drug-likeness (QED) is 0.842. The van der Waals surface area contributed by atoms with E-state index in [-0.39, 0.29) is 11.7 Å². The molecule has 2 aliphatic heterocycles. The number of hydrogen-bond donors (Lipinski definition) is 2. The molecule has 3 amide bonds. The summed E-state index contributed by atoms with van der Waals surface area (Å²) in [6, 6.07) is 3.70. The molecule has 1 aromatic rings. The number of nitrogens with zero attached hydrogens (tertiary/aromatic N) is 2. The van der Waals surface area contributed by atoms with Crippen LogP contribution in [0.25, 0.3) is 0 Å². The highest BCUT2D eigenvalue weighted by molar-refractivity contribution is 5.96. The van der Waals surface area contributed by atoms with Crippen LogP contribution in [0.5, 0.6) is 0 Å². The molecule has 1 saturated carbocycles. The van der Waals surface area contributed by atoms with Crippen molar-refractivity contribution >= 4 is 23.3 Å². The third kappa shape index (κ3) is 3.85. The van der Waals surface area contributed by atoms with Gasteiger partial charge in [0, 0.05) is 25.7 Å². The first-order valence-electron chi connectivity index (χ1n) is 9.62. The number of anilines is 2. The third-order valence-corrected chi connectivity index (χ3v) is 5.62. The summed E-state index contributed by atoms with van der Waals surface area (Å²) in [6.45, 7) is 3.10. The summed E-state index contributed by atoms with van der Waals surface area (Å²) in [7, 11) is 0. The highest BCUT2D eigenvalue weighted by Gasteiger charge is 2.38. The highest BCUT2D eigenvalue weighted by atomic mass is 19.1. The van der Waals surface area contributed by atoms with E-state index in [2.05, 4.69) is 10.6 Å². The van der Waals surface area contributed by atoms with Crippen LogP contribution in [0.4, 0.5) is 20.6 Å². The van der Waals surface area contributed by atoms with Gasteiger partial charge in [-0.3, -0.25) is 4.79 Å². The van der Waals surface area contributed by atoms with Crippen LogP contribution in [0.15, 0.2) is 18.2 Å². The first kappa shape index (κ1) is 18.0. The van der Waals surface area contributed by atoms with Crippen molar-refractivity contribution in [3.05, 3.63) is 24.0 Å². The number of halogens is 1. The van der Waals surface area contributed by atoms with Crippen LogP contribution in [-0.2, 0) is 9.53 Å². The van der Waals surface area contributed by atoms with Crippen molar-refractivity contribution in [2.45, 2.75) is 37.8 Å². The number of urea groups is 1. The molecule has 0 bridgehead atoms. The minimum absolute atomic E-state index is 0.00218. The van der Waals surface area contributed by atoms with Crippen LogP contribution in [0.2, 0.25) is 0 Å². The smallest absolute Gasteiger partial charge is 0.319 e. The maximum Gasteiger partial charge on any atom is 0.319 e. The van der Waals surface area contributed by atoms with Gasteiger partial charge in [-0.25, -0.2) is 9.18 Å². The Hall–Kier alpha value is -2.35. The lowest BCUT2D eigenvalue weighted by molar-refractivity contribution is -0.132. The third-order valence-electron chi connectivity index (χ3n) is 5.62. The molecule has 7 nitrogen and oxygen atoms in total. The zero-order valence-corrected chi connectivity index (χ0v) is 15.2. The predicted octanol–water partition coefficient (Wildman–Crippen LogP) is 1.94. The Kier molecular flexibility index (Phi) is 5.15. The second kappa shape index (κ2) is 7.72. The Morgan fingerprint density at radius 2 is 1.93 bits per heavy atom. The van der Waals surface area contributed by atoms with Crippen molar-refractivity contribution < 1.29 is 18.7 Å². The Morgan fingerprint density at radius 3 is 2.63 bits per heavy atom. The number of ether oxygens (including phenoxy) is 1. The van der Waals surface area contributed by atoms with Gasteiger partial charge in [0.2, 0.25) is 5.91 Å². The van der Waals surface area contributed by atoms with E-state index in [1.807, 2.05) is 9.80 Å². The van der Waals surface area contributed by atoms with Crippen LogP contribution >= 0.6 is 0 Å². The second-order valence-corrected chi connectivity index (χ2v) is 7.32. The fourth-order valence-electron chi connectivity index (χ4n) is 3.89. The largest absolute Gasteiger partial charge is 0.378 e. The summed E-state index contributed by atoms with van der Waals surface area (Å²) in [4.78, 5) is 28.8. The molecule has 1 aromatic carbocycles. The Labute approximate surface area is 157 Å². The topological polar surface area (TPSA) is 73.9 Å². The molecule has 0 radical (unpaired) electrons. The van der Waals surface area contributed by atoms with Crippen molar-refractivity contribution in [2.75, 3.05) is 43.1 Å². The number of hydrogen-bond acceptors (Lipinski definition) is 4. The van der Waals surface area contributed by atoms with Gasteiger partial charge in [-0.15, -0.1) is 0 Å². The first-order chi connectivity index (χ1) is 13.1. The van der Waals surface area contributed by atoms with Gasteiger partial charge in [-0.2, -0.15) is 0 Å². The van der Waals surface area contributed by atoms with Gasteiger partial charge in [0.15, 0.2) is 0 Å².